The Morgan fingerprint density at radius 2 is 2.08 bits per heavy atom. The quantitative estimate of drug-likeness (QED) is 0.776. The van der Waals surface area contributed by atoms with Crippen molar-refractivity contribution in [3.8, 4) is 0 Å². The van der Waals surface area contributed by atoms with Crippen molar-refractivity contribution in [2.45, 2.75) is 18.8 Å². The Balaban J connectivity index is 1.57. The summed E-state index contributed by atoms with van der Waals surface area (Å²) in [6, 6.07) is 7.68. The van der Waals surface area contributed by atoms with Gasteiger partial charge in [-0.05, 0) is 25.0 Å². The van der Waals surface area contributed by atoms with Crippen LogP contribution in [0.5, 0.6) is 0 Å². The van der Waals surface area contributed by atoms with E-state index >= 15 is 0 Å². The first-order valence-electron chi connectivity index (χ1n) is 7.93. The highest BCUT2D eigenvalue weighted by molar-refractivity contribution is 5.96. The number of oxazole rings is 1. The fourth-order valence-corrected chi connectivity index (χ4v) is 3.09. The fourth-order valence-electron chi connectivity index (χ4n) is 3.09. The van der Waals surface area contributed by atoms with Crippen LogP contribution in [0.4, 0.5) is 5.82 Å². The van der Waals surface area contributed by atoms with Crippen LogP contribution in [0.2, 0.25) is 0 Å². The lowest BCUT2D eigenvalue weighted by atomic mass is 9.97. The number of carbonyl (C=O) groups is 1. The lowest BCUT2D eigenvalue weighted by molar-refractivity contribution is 0.0693. The number of amides is 1. The Bertz CT molecular complexity index is 858. The monoisotopic (exact) mass is 323 g/mol. The number of hydrogen-bond donors (Lipinski definition) is 1. The average Bonchev–Trinajstić information content (AvgIpc) is 3.06. The molecule has 0 unspecified atom stereocenters. The van der Waals surface area contributed by atoms with Gasteiger partial charge in [0.25, 0.3) is 5.91 Å². The molecule has 2 N–H and O–H groups in total. The summed E-state index contributed by atoms with van der Waals surface area (Å²) in [7, 11) is 0. The third kappa shape index (κ3) is 2.58. The number of hydrogen-bond acceptors (Lipinski definition) is 6. The predicted octanol–water partition coefficient (Wildman–Crippen LogP) is 2.22. The Hall–Kier alpha value is -2.96. The molecule has 1 fully saturated rings. The molecule has 2 aromatic heterocycles. The van der Waals surface area contributed by atoms with E-state index in [4.69, 9.17) is 10.2 Å². The zero-order valence-corrected chi connectivity index (χ0v) is 13.1. The highest BCUT2D eigenvalue weighted by Gasteiger charge is 2.30. The Morgan fingerprint density at radius 3 is 2.92 bits per heavy atom. The molecule has 7 heteroatoms. The number of anilines is 1. The van der Waals surface area contributed by atoms with Crippen LogP contribution in [-0.2, 0) is 0 Å². The number of carbonyl (C=O) groups excluding carboxylic acids is 1. The van der Waals surface area contributed by atoms with Gasteiger partial charge >= 0.3 is 0 Å². The second kappa shape index (κ2) is 5.92. The first kappa shape index (κ1) is 14.6. The first-order valence-corrected chi connectivity index (χ1v) is 7.93. The van der Waals surface area contributed by atoms with Gasteiger partial charge in [-0.15, -0.1) is 0 Å². The van der Waals surface area contributed by atoms with Crippen molar-refractivity contribution in [1.82, 2.24) is 19.9 Å². The molecule has 1 aromatic carbocycles. The van der Waals surface area contributed by atoms with E-state index in [1.165, 1.54) is 12.4 Å². The SMILES string of the molecule is Nc1nccnc1C(=O)N1CCC[C@@H](c2nc3ccccc3o2)C1. The molecule has 1 aliphatic heterocycles. The van der Waals surface area contributed by atoms with Gasteiger partial charge in [-0.2, -0.15) is 0 Å². The smallest absolute Gasteiger partial charge is 0.276 e. The van der Waals surface area contributed by atoms with Gasteiger partial charge in [0, 0.05) is 25.5 Å². The summed E-state index contributed by atoms with van der Waals surface area (Å²) in [6.07, 6.45) is 4.77. The summed E-state index contributed by atoms with van der Waals surface area (Å²) in [5.74, 6) is 0.724. The van der Waals surface area contributed by atoms with Gasteiger partial charge in [0.05, 0.1) is 5.92 Å². The summed E-state index contributed by atoms with van der Waals surface area (Å²) in [5, 5.41) is 0. The van der Waals surface area contributed by atoms with E-state index in [1.54, 1.807) is 4.90 Å². The number of nitrogens with two attached hydrogens (primary N) is 1. The molecule has 0 saturated carbocycles. The van der Waals surface area contributed by atoms with Crippen molar-refractivity contribution in [3.63, 3.8) is 0 Å². The van der Waals surface area contributed by atoms with Crippen LogP contribution in [0.1, 0.15) is 35.1 Å². The first-order chi connectivity index (χ1) is 11.7. The second-order valence-corrected chi connectivity index (χ2v) is 5.90. The maximum Gasteiger partial charge on any atom is 0.276 e. The lowest BCUT2D eigenvalue weighted by Crippen LogP contribution is -2.40. The van der Waals surface area contributed by atoms with Crippen LogP contribution in [-0.4, -0.2) is 38.8 Å². The minimum atomic E-state index is -0.193. The highest BCUT2D eigenvalue weighted by atomic mass is 16.3. The summed E-state index contributed by atoms with van der Waals surface area (Å²) in [4.78, 5) is 27.0. The Labute approximate surface area is 138 Å². The molecule has 122 valence electrons. The van der Waals surface area contributed by atoms with Gasteiger partial charge in [-0.25, -0.2) is 15.0 Å². The molecule has 1 saturated heterocycles. The molecule has 3 aromatic rings. The maximum absolute atomic E-state index is 12.7. The third-order valence-electron chi connectivity index (χ3n) is 4.30. The van der Waals surface area contributed by atoms with Gasteiger partial charge in [-0.3, -0.25) is 4.79 Å². The summed E-state index contributed by atoms with van der Waals surface area (Å²) >= 11 is 0. The minimum absolute atomic E-state index is 0.0768. The number of aromatic nitrogens is 3. The fraction of sp³-hybridized carbons (Fsp3) is 0.294. The van der Waals surface area contributed by atoms with Crippen LogP contribution in [0.3, 0.4) is 0 Å². The molecule has 24 heavy (non-hydrogen) atoms. The number of fused-ring (bicyclic) bond motifs is 1. The molecule has 0 bridgehead atoms. The number of nitrogen functional groups attached to an aromatic ring is 1. The van der Waals surface area contributed by atoms with Crippen LogP contribution >= 0.6 is 0 Å². The topological polar surface area (TPSA) is 98.1 Å². The molecular weight excluding hydrogens is 306 g/mol. The molecule has 0 spiro atoms. The average molecular weight is 323 g/mol. The molecule has 1 aliphatic rings. The van der Waals surface area contributed by atoms with Crippen LogP contribution in [0.15, 0.2) is 41.1 Å². The standard InChI is InChI=1S/C17H17N5O2/c18-15-14(19-7-8-20-15)17(23)22-9-3-4-11(10-22)16-21-12-5-1-2-6-13(12)24-16/h1-2,5-8,11H,3-4,9-10H2,(H2,18,20)/t11-/m1/s1. The summed E-state index contributed by atoms with van der Waals surface area (Å²) in [5.41, 5.74) is 7.59. The summed E-state index contributed by atoms with van der Waals surface area (Å²) in [6.45, 7) is 1.22. The van der Waals surface area contributed by atoms with Crippen molar-refractivity contribution >= 4 is 22.8 Å². The molecule has 3 heterocycles. The number of benzene rings is 1. The van der Waals surface area contributed by atoms with Crippen LogP contribution < -0.4 is 5.73 Å². The van der Waals surface area contributed by atoms with Crippen molar-refractivity contribution in [3.05, 3.63) is 48.2 Å². The van der Waals surface area contributed by atoms with Gasteiger partial charge in [0.15, 0.2) is 23.0 Å². The van der Waals surface area contributed by atoms with Gasteiger partial charge < -0.3 is 15.1 Å². The van der Waals surface area contributed by atoms with Crippen LogP contribution in [0, 0.1) is 0 Å². The van der Waals surface area contributed by atoms with Gasteiger partial charge in [0.2, 0.25) is 0 Å². The zero-order chi connectivity index (χ0) is 16.5. The summed E-state index contributed by atoms with van der Waals surface area (Å²) < 4.78 is 5.86. The highest BCUT2D eigenvalue weighted by Crippen LogP contribution is 2.29. The third-order valence-corrected chi connectivity index (χ3v) is 4.30. The normalized spacial score (nSPS) is 18.0. The van der Waals surface area contributed by atoms with E-state index in [2.05, 4.69) is 15.0 Å². The van der Waals surface area contributed by atoms with Crippen molar-refractivity contribution in [2.75, 3.05) is 18.8 Å². The molecule has 0 aliphatic carbocycles. The van der Waals surface area contributed by atoms with Gasteiger partial charge in [0.1, 0.15) is 5.52 Å². The van der Waals surface area contributed by atoms with E-state index < -0.39 is 0 Å². The van der Waals surface area contributed by atoms with Crippen LogP contribution in [0.25, 0.3) is 11.1 Å². The second-order valence-electron chi connectivity index (χ2n) is 5.90. The van der Waals surface area contributed by atoms with Crippen molar-refractivity contribution in [1.29, 1.82) is 0 Å². The molecule has 1 amide bonds. The minimum Gasteiger partial charge on any atom is -0.440 e. The number of rotatable bonds is 2. The predicted molar refractivity (Wildman–Crippen MR) is 88.3 cm³/mol. The van der Waals surface area contributed by atoms with Crippen molar-refractivity contribution in [2.24, 2.45) is 0 Å². The Kier molecular flexibility index (Phi) is 3.60. The Morgan fingerprint density at radius 1 is 1.25 bits per heavy atom. The number of likely N-dealkylation sites (tertiary alicyclic amines) is 1. The molecular formula is C17H17N5O2. The molecule has 4 rings (SSSR count). The molecule has 1 atom stereocenters. The molecule has 7 nitrogen and oxygen atoms in total. The van der Waals surface area contributed by atoms with Gasteiger partial charge in [-0.1, -0.05) is 12.1 Å². The number of piperidine rings is 1. The molecule has 0 radical (unpaired) electrons. The number of nitrogens with zero attached hydrogens (tertiary/aromatic N) is 4. The van der Waals surface area contributed by atoms with E-state index in [0.29, 0.717) is 19.0 Å². The largest absolute Gasteiger partial charge is 0.440 e. The van der Waals surface area contributed by atoms with E-state index in [9.17, 15) is 4.79 Å². The van der Waals surface area contributed by atoms with Crippen molar-refractivity contribution < 1.29 is 9.21 Å². The van der Waals surface area contributed by atoms with E-state index in [1.807, 2.05) is 24.3 Å². The lowest BCUT2D eigenvalue weighted by Gasteiger charge is -2.31. The van der Waals surface area contributed by atoms with E-state index in [0.717, 1.165) is 23.9 Å². The maximum atomic E-state index is 12.7. The zero-order valence-electron chi connectivity index (χ0n) is 13.1. The van der Waals surface area contributed by atoms with E-state index in [-0.39, 0.29) is 23.3 Å². The number of para-hydroxylation sites is 2.